The fourth-order valence-corrected chi connectivity index (χ4v) is 2.91. The van der Waals surface area contributed by atoms with E-state index in [0.717, 1.165) is 24.2 Å². The van der Waals surface area contributed by atoms with Crippen molar-refractivity contribution in [1.29, 1.82) is 0 Å². The van der Waals surface area contributed by atoms with E-state index in [4.69, 9.17) is 12.2 Å². The van der Waals surface area contributed by atoms with E-state index in [-0.39, 0.29) is 0 Å². The average Bonchev–Trinajstić information content (AvgIpc) is 2.91. The third kappa shape index (κ3) is 4.48. The van der Waals surface area contributed by atoms with Gasteiger partial charge in [-0.15, -0.1) is 0 Å². The quantitative estimate of drug-likeness (QED) is 0.693. The molecule has 0 saturated carbocycles. The van der Waals surface area contributed by atoms with Gasteiger partial charge in [-0.05, 0) is 24.7 Å². The molecule has 0 aliphatic carbocycles. The van der Waals surface area contributed by atoms with Crippen molar-refractivity contribution >= 4 is 17.3 Å². The molecule has 0 bridgehead atoms. The Bertz CT molecular complexity index is 394. The highest BCUT2D eigenvalue weighted by Gasteiger charge is 2.26. The van der Waals surface area contributed by atoms with Gasteiger partial charge in [0.1, 0.15) is 6.04 Å². The first-order valence-electron chi connectivity index (χ1n) is 7.19. The zero-order chi connectivity index (χ0) is 13.5. The number of likely N-dealkylation sites (tertiary alicyclic amines) is 1. The maximum atomic E-state index is 5.33. The molecule has 0 amide bonds. The van der Waals surface area contributed by atoms with E-state index < -0.39 is 0 Å². The number of likely N-dealkylation sites (N-methyl/N-ethyl adjacent to an activating group) is 1. The molecule has 2 atom stereocenters. The molecular weight excluding hydrogens is 254 g/mol. The molecule has 1 saturated heterocycles. The summed E-state index contributed by atoms with van der Waals surface area (Å²) in [4.78, 5) is 1.71. The summed E-state index contributed by atoms with van der Waals surface area (Å²) >= 11 is 5.33. The van der Waals surface area contributed by atoms with Crippen LogP contribution in [0.1, 0.15) is 25.3 Å². The van der Waals surface area contributed by atoms with Crippen LogP contribution in [0, 0.1) is 0 Å². The van der Waals surface area contributed by atoms with Crippen molar-refractivity contribution in [2.24, 2.45) is 0 Å². The fourth-order valence-electron chi connectivity index (χ4n) is 2.75. The lowest BCUT2D eigenvalue weighted by atomic mass is 10.2. The summed E-state index contributed by atoms with van der Waals surface area (Å²) in [6.45, 7) is 6.58. The molecule has 19 heavy (non-hydrogen) atoms. The number of hydrogen-bond donors (Lipinski definition) is 3. The zero-order valence-corrected chi connectivity index (χ0v) is 12.4. The minimum Gasteiger partial charge on any atom is -0.359 e. The standard InChI is InChI=1S/C15H23N3S/c1-2-18-10-6-9-14(18)12-17-15(19)16-11-13-7-4-3-5-8-13/h3-5,7-8,14H,2,6,9-12H2,1H3,(H2,16,17,19)/p+1/t14-/m1/s1. The minimum atomic E-state index is 0.724. The van der Waals surface area contributed by atoms with Crippen LogP contribution >= 0.6 is 12.2 Å². The van der Waals surface area contributed by atoms with Crippen molar-refractivity contribution in [3.63, 3.8) is 0 Å². The van der Waals surface area contributed by atoms with E-state index in [1.54, 1.807) is 4.90 Å². The van der Waals surface area contributed by atoms with Crippen molar-refractivity contribution in [3.05, 3.63) is 35.9 Å². The molecule has 104 valence electrons. The van der Waals surface area contributed by atoms with Crippen molar-refractivity contribution in [2.75, 3.05) is 19.6 Å². The third-order valence-corrected chi connectivity index (χ3v) is 4.18. The number of benzene rings is 1. The second-order valence-corrected chi connectivity index (χ2v) is 5.56. The molecule has 3 nitrogen and oxygen atoms in total. The van der Waals surface area contributed by atoms with Crippen molar-refractivity contribution in [2.45, 2.75) is 32.4 Å². The van der Waals surface area contributed by atoms with Gasteiger partial charge in [-0.2, -0.15) is 0 Å². The van der Waals surface area contributed by atoms with Gasteiger partial charge < -0.3 is 15.5 Å². The second-order valence-electron chi connectivity index (χ2n) is 5.15. The van der Waals surface area contributed by atoms with E-state index in [1.807, 2.05) is 6.07 Å². The highest BCUT2D eigenvalue weighted by molar-refractivity contribution is 7.80. The molecule has 3 N–H and O–H groups in total. The summed E-state index contributed by atoms with van der Waals surface area (Å²) in [5.41, 5.74) is 1.26. The second kappa shape index (κ2) is 7.46. The van der Waals surface area contributed by atoms with E-state index in [9.17, 15) is 0 Å². The van der Waals surface area contributed by atoms with Gasteiger partial charge in [0.15, 0.2) is 5.11 Å². The summed E-state index contributed by atoms with van der Waals surface area (Å²) in [7, 11) is 0. The highest BCUT2D eigenvalue weighted by Crippen LogP contribution is 1.99. The molecule has 1 aliphatic rings. The van der Waals surface area contributed by atoms with Gasteiger partial charge in [0, 0.05) is 19.4 Å². The molecule has 0 spiro atoms. The Morgan fingerprint density at radius 1 is 1.32 bits per heavy atom. The van der Waals surface area contributed by atoms with Gasteiger partial charge in [0.25, 0.3) is 0 Å². The number of rotatable bonds is 5. The Hall–Kier alpha value is -1.13. The van der Waals surface area contributed by atoms with E-state index >= 15 is 0 Å². The molecule has 1 aromatic carbocycles. The molecule has 2 rings (SSSR count). The lowest BCUT2D eigenvalue weighted by Crippen LogP contribution is -3.14. The molecule has 1 aromatic rings. The van der Waals surface area contributed by atoms with Crippen LogP contribution in [0.5, 0.6) is 0 Å². The minimum absolute atomic E-state index is 0.724. The van der Waals surface area contributed by atoms with Crippen LogP contribution in [0.2, 0.25) is 0 Å². The average molecular weight is 278 g/mol. The first-order valence-corrected chi connectivity index (χ1v) is 7.60. The van der Waals surface area contributed by atoms with Crippen LogP contribution in [0.15, 0.2) is 30.3 Å². The SMILES string of the molecule is CC[NH+]1CCC[C@@H]1CNC(=S)NCc1ccccc1. The monoisotopic (exact) mass is 278 g/mol. The van der Waals surface area contributed by atoms with E-state index in [2.05, 4.69) is 41.8 Å². The van der Waals surface area contributed by atoms with E-state index in [1.165, 1.54) is 31.5 Å². The Kier molecular flexibility index (Phi) is 5.61. The fraction of sp³-hybridized carbons (Fsp3) is 0.533. The van der Waals surface area contributed by atoms with Crippen molar-refractivity contribution < 1.29 is 4.90 Å². The first kappa shape index (κ1) is 14.3. The van der Waals surface area contributed by atoms with Gasteiger partial charge in [-0.1, -0.05) is 30.3 Å². The maximum absolute atomic E-state index is 5.33. The summed E-state index contributed by atoms with van der Waals surface area (Å²) in [6.07, 6.45) is 2.66. The topological polar surface area (TPSA) is 28.5 Å². The lowest BCUT2D eigenvalue weighted by Gasteiger charge is -2.21. The normalized spacial score (nSPS) is 22.2. The van der Waals surface area contributed by atoms with Crippen molar-refractivity contribution in [3.8, 4) is 0 Å². The summed E-state index contributed by atoms with van der Waals surface area (Å²) < 4.78 is 0. The van der Waals surface area contributed by atoms with Crippen LogP contribution in [-0.4, -0.2) is 30.8 Å². The molecule has 1 fully saturated rings. The summed E-state index contributed by atoms with van der Waals surface area (Å²) in [5, 5.41) is 7.40. The van der Waals surface area contributed by atoms with Crippen molar-refractivity contribution in [1.82, 2.24) is 10.6 Å². The summed E-state index contributed by atoms with van der Waals surface area (Å²) in [5.74, 6) is 0. The van der Waals surface area contributed by atoms with Gasteiger partial charge in [-0.3, -0.25) is 0 Å². The smallest absolute Gasteiger partial charge is 0.166 e. The molecule has 1 heterocycles. The van der Waals surface area contributed by atoms with Gasteiger partial charge in [0.05, 0.1) is 19.6 Å². The van der Waals surface area contributed by atoms with Gasteiger partial charge >= 0.3 is 0 Å². The third-order valence-electron chi connectivity index (χ3n) is 3.89. The Morgan fingerprint density at radius 2 is 2.11 bits per heavy atom. The molecule has 1 unspecified atom stereocenters. The number of quaternary nitrogens is 1. The van der Waals surface area contributed by atoms with Crippen LogP contribution < -0.4 is 15.5 Å². The number of nitrogens with one attached hydrogen (secondary N) is 3. The maximum Gasteiger partial charge on any atom is 0.166 e. The zero-order valence-electron chi connectivity index (χ0n) is 11.6. The Balaban J connectivity index is 1.67. The van der Waals surface area contributed by atoms with Gasteiger partial charge in [0.2, 0.25) is 0 Å². The largest absolute Gasteiger partial charge is 0.359 e. The van der Waals surface area contributed by atoms with Crippen LogP contribution in [0.4, 0.5) is 0 Å². The number of thiocarbonyl (C=S) groups is 1. The van der Waals surface area contributed by atoms with E-state index in [0.29, 0.717) is 0 Å². The Labute approximate surface area is 121 Å². The molecule has 0 aromatic heterocycles. The van der Waals surface area contributed by atoms with Crippen LogP contribution in [0.25, 0.3) is 0 Å². The summed E-state index contributed by atoms with van der Waals surface area (Å²) in [6, 6.07) is 11.1. The molecular formula is C15H24N3S+. The van der Waals surface area contributed by atoms with Crippen LogP contribution in [-0.2, 0) is 6.54 Å². The molecule has 0 radical (unpaired) electrons. The lowest BCUT2D eigenvalue weighted by molar-refractivity contribution is -0.909. The predicted molar refractivity (Wildman–Crippen MR) is 83.3 cm³/mol. The van der Waals surface area contributed by atoms with Gasteiger partial charge in [-0.25, -0.2) is 0 Å². The first-order chi connectivity index (χ1) is 9.29. The molecule has 4 heteroatoms. The van der Waals surface area contributed by atoms with Crippen LogP contribution in [0.3, 0.4) is 0 Å². The predicted octanol–water partition coefficient (Wildman–Crippen LogP) is 0.718. The Morgan fingerprint density at radius 3 is 2.84 bits per heavy atom. The highest BCUT2D eigenvalue weighted by atomic mass is 32.1. The molecule has 1 aliphatic heterocycles. The number of hydrogen-bond acceptors (Lipinski definition) is 1.